The maximum atomic E-state index is 7.64. The number of benzene rings is 1. The van der Waals surface area contributed by atoms with Gasteiger partial charge in [0.2, 0.25) is 0 Å². The van der Waals surface area contributed by atoms with Gasteiger partial charge in [0.15, 0.2) is 0 Å². The zero-order valence-corrected chi connectivity index (χ0v) is 17.4. The molecule has 150 valence electrons. The lowest BCUT2D eigenvalue weighted by molar-refractivity contribution is 0.541. The molecule has 1 aromatic rings. The Labute approximate surface area is 169 Å². The number of rotatable bonds is 10. The third-order valence-electron chi connectivity index (χ3n) is 5.07. The Morgan fingerprint density at radius 1 is 1.29 bits per heavy atom. The molecule has 5 N–H and O–H groups in total. The first-order valence-electron chi connectivity index (χ1n) is 10.0. The molecule has 0 fully saturated rings. The zero-order valence-electron chi connectivity index (χ0n) is 17.4. The number of hydrogen-bond donors (Lipinski definition) is 4. The summed E-state index contributed by atoms with van der Waals surface area (Å²) in [6.07, 6.45) is 12.7. The summed E-state index contributed by atoms with van der Waals surface area (Å²) < 4.78 is 0. The molecular weight excluding hydrogens is 344 g/mol. The van der Waals surface area contributed by atoms with E-state index in [-0.39, 0.29) is 6.04 Å². The van der Waals surface area contributed by atoms with Gasteiger partial charge in [0, 0.05) is 43.3 Å². The van der Waals surface area contributed by atoms with E-state index in [1.54, 1.807) is 0 Å². The molecule has 4 heteroatoms. The Morgan fingerprint density at radius 2 is 2.07 bits per heavy atom. The molecule has 2 rings (SSSR count). The Morgan fingerprint density at radius 3 is 2.61 bits per heavy atom. The maximum Gasteiger partial charge on any atom is 0.0479 e. The van der Waals surface area contributed by atoms with Crippen molar-refractivity contribution in [1.82, 2.24) is 5.32 Å². The van der Waals surface area contributed by atoms with Crippen LogP contribution in [-0.2, 0) is 6.54 Å². The first-order chi connectivity index (χ1) is 13.5. The topological polar surface area (TPSA) is 73.9 Å². The molecule has 0 spiro atoms. The SMILES string of the molecule is C=CC1=CC=C(C(CC(C)C)Nc2ccc(/C(C=N)=C/NC)cc2CN)CC1. The Kier molecular flexibility index (Phi) is 8.27. The van der Waals surface area contributed by atoms with Gasteiger partial charge >= 0.3 is 0 Å². The Bertz CT molecular complexity index is 784. The summed E-state index contributed by atoms with van der Waals surface area (Å²) in [6.45, 7) is 8.85. The van der Waals surface area contributed by atoms with E-state index in [0.29, 0.717) is 12.5 Å². The van der Waals surface area contributed by atoms with Crippen LogP contribution in [0.2, 0.25) is 0 Å². The summed E-state index contributed by atoms with van der Waals surface area (Å²) in [6, 6.07) is 6.50. The number of hydrogen-bond acceptors (Lipinski definition) is 4. The van der Waals surface area contributed by atoms with Gasteiger partial charge in [-0.2, -0.15) is 0 Å². The van der Waals surface area contributed by atoms with Crippen LogP contribution < -0.4 is 16.4 Å². The number of nitrogens with one attached hydrogen (secondary N) is 3. The van der Waals surface area contributed by atoms with E-state index in [1.165, 1.54) is 17.4 Å². The van der Waals surface area contributed by atoms with Crippen LogP contribution in [0.15, 0.2) is 60.4 Å². The van der Waals surface area contributed by atoms with Gasteiger partial charge in [0.1, 0.15) is 0 Å². The Hall–Kier alpha value is -2.59. The van der Waals surface area contributed by atoms with Crippen LogP contribution in [0.5, 0.6) is 0 Å². The molecule has 0 radical (unpaired) electrons. The molecule has 28 heavy (non-hydrogen) atoms. The second-order valence-corrected chi connectivity index (χ2v) is 7.62. The van der Waals surface area contributed by atoms with E-state index in [0.717, 1.165) is 41.6 Å². The molecule has 1 aromatic carbocycles. The number of allylic oxidation sites excluding steroid dienone is 5. The van der Waals surface area contributed by atoms with Crippen LogP contribution in [-0.4, -0.2) is 19.3 Å². The first kappa shape index (κ1) is 21.7. The third-order valence-corrected chi connectivity index (χ3v) is 5.07. The van der Waals surface area contributed by atoms with E-state index in [2.05, 4.69) is 55.3 Å². The van der Waals surface area contributed by atoms with Crippen LogP contribution in [0.4, 0.5) is 5.69 Å². The smallest absolute Gasteiger partial charge is 0.0479 e. The Balaban J connectivity index is 2.32. The largest absolute Gasteiger partial charge is 0.393 e. The maximum absolute atomic E-state index is 7.64. The molecule has 1 aliphatic carbocycles. The highest BCUT2D eigenvalue weighted by Gasteiger charge is 2.19. The molecule has 0 saturated carbocycles. The standard InChI is InChI=1S/C24H34N4/c1-5-18-6-8-19(9-7-18)24(12-17(2)3)28-23-11-10-20(13-21(23)14-25)22(15-26)16-27-4/h5-6,8,10-11,13,15-17,24,26-28H,1,7,9,12,14,25H2,2-4H3/b22-16+,26-15?. The monoisotopic (exact) mass is 378 g/mol. The van der Waals surface area contributed by atoms with E-state index in [1.807, 2.05) is 25.4 Å². The summed E-state index contributed by atoms with van der Waals surface area (Å²) in [5, 5.41) is 14.4. The van der Waals surface area contributed by atoms with Gasteiger partial charge in [-0.05, 0) is 59.6 Å². The lowest BCUT2D eigenvalue weighted by atomic mass is 9.88. The average molecular weight is 379 g/mol. The van der Waals surface area contributed by atoms with Crippen LogP contribution >= 0.6 is 0 Å². The lowest BCUT2D eigenvalue weighted by Gasteiger charge is -2.28. The van der Waals surface area contributed by atoms with Gasteiger partial charge in [0.05, 0.1) is 0 Å². The van der Waals surface area contributed by atoms with Crippen molar-refractivity contribution in [2.75, 3.05) is 12.4 Å². The van der Waals surface area contributed by atoms with Gasteiger partial charge in [0.25, 0.3) is 0 Å². The van der Waals surface area contributed by atoms with Crippen molar-refractivity contribution in [2.45, 2.75) is 45.7 Å². The molecule has 1 unspecified atom stereocenters. The summed E-state index contributed by atoms with van der Waals surface area (Å²) in [5.74, 6) is 0.590. The van der Waals surface area contributed by atoms with Crippen LogP contribution in [0.1, 0.15) is 44.2 Å². The van der Waals surface area contributed by atoms with E-state index < -0.39 is 0 Å². The van der Waals surface area contributed by atoms with E-state index >= 15 is 0 Å². The van der Waals surface area contributed by atoms with Crippen molar-refractivity contribution >= 4 is 17.5 Å². The summed E-state index contributed by atoms with van der Waals surface area (Å²) >= 11 is 0. The molecule has 0 heterocycles. The quantitative estimate of drug-likeness (QED) is 0.432. The molecule has 0 amide bonds. The minimum absolute atomic E-state index is 0.286. The molecular formula is C24H34N4. The second kappa shape index (κ2) is 10.7. The molecule has 1 aliphatic rings. The van der Waals surface area contributed by atoms with Gasteiger partial charge in [-0.25, -0.2) is 0 Å². The predicted molar refractivity (Wildman–Crippen MR) is 123 cm³/mol. The van der Waals surface area contributed by atoms with Crippen molar-refractivity contribution in [3.05, 3.63) is 71.5 Å². The highest BCUT2D eigenvalue weighted by atomic mass is 14.9. The summed E-state index contributed by atoms with van der Waals surface area (Å²) in [7, 11) is 1.84. The molecule has 0 aliphatic heterocycles. The van der Waals surface area contributed by atoms with Crippen LogP contribution in [0.25, 0.3) is 5.57 Å². The fraction of sp³-hybridized carbons (Fsp3) is 0.375. The minimum atomic E-state index is 0.286. The van der Waals surface area contributed by atoms with Crippen molar-refractivity contribution in [2.24, 2.45) is 11.7 Å². The highest BCUT2D eigenvalue weighted by Crippen LogP contribution is 2.29. The normalized spacial score (nSPS) is 15.5. The van der Waals surface area contributed by atoms with Crippen LogP contribution in [0.3, 0.4) is 0 Å². The van der Waals surface area contributed by atoms with Crippen LogP contribution in [0, 0.1) is 11.3 Å². The predicted octanol–water partition coefficient (Wildman–Crippen LogP) is 5.01. The molecule has 1 atom stereocenters. The van der Waals surface area contributed by atoms with Crippen molar-refractivity contribution in [3.8, 4) is 0 Å². The second-order valence-electron chi connectivity index (χ2n) is 7.62. The number of nitrogens with two attached hydrogens (primary N) is 1. The lowest BCUT2D eigenvalue weighted by Crippen LogP contribution is -2.26. The van der Waals surface area contributed by atoms with Crippen molar-refractivity contribution in [3.63, 3.8) is 0 Å². The first-order valence-corrected chi connectivity index (χ1v) is 10.0. The van der Waals surface area contributed by atoms with Gasteiger partial charge in [-0.15, -0.1) is 0 Å². The number of anilines is 1. The fourth-order valence-electron chi connectivity index (χ4n) is 3.54. The fourth-order valence-corrected chi connectivity index (χ4v) is 3.54. The zero-order chi connectivity index (χ0) is 20.5. The van der Waals surface area contributed by atoms with Gasteiger partial charge < -0.3 is 21.8 Å². The highest BCUT2D eigenvalue weighted by molar-refractivity contribution is 6.08. The van der Waals surface area contributed by atoms with Crippen molar-refractivity contribution < 1.29 is 0 Å². The molecule has 0 saturated heterocycles. The van der Waals surface area contributed by atoms with Gasteiger partial charge in [-0.3, -0.25) is 0 Å². The van der Waals surface area contributed by atoms with E-state index in [9.17, 15) is 0 Å². The summed E-state index contributed by atoms with van der Waals surface area (Å²) in [4.78, 5) is 0. The average Bonchev–Trinajstić information content (AvgIpc) is 2.71. The van der Waals surface area contributed by atoms with Crippen molar-refractivity contribution in [1.29, 1.82) is 5.41 Å². The molecule has 0 bridgehead atoms. The minimum Gasteiger partial charge on any atom is -0.393 e. The molecule has 4 nitrogen and oxygen atoms in total. The summed E-state index contributed by atoms with van der Waals surface area (Å²) in [5.41, 5.74) is 12.8. The van der Waals surface area contributed by atoms with E-state index in [4.69, 9.17) is 11.1 Å². The molecule has 0 aromatic heterocycles. The third kappa shape index (κ3) is 5.70. The van der Waals surface area contributed by atoms with Gasteiger partial charge in [-0.1, -0.05) is 44.7 Å².